The molecule has 4 rings (SSSR count). The van der Waals surface area contributed by atoms with E-state index in [0.29, 0.717) is 5.56 Å². The van der Waals surface area contributed by atoms with Crippen LogP contribution in [0, 0.1) is 0 Å². The van der Waals surface area contributed by atoms with Crippen molar-refractivity contribution >= 4 is 31.9 Å². The number of sulfonamides is 1. The number of benzene rings is 3. The summed E-state index contributed by atoms with van der Waals surface area (Å²) in [5.74, 6) is -1.90. The van der Waals surface area contributed by atoms with E-state index in [1.807, 2.05) is 35.1 Å². The van der Waals surface area contributed by atoms with Crippen molar-refractivity contribution in [3.63, 3.8) is 0 Å². The van der Waals surface area contributed by atoms with Gasteiger partial charge in [-0.3, -0.25) is 4.79 Å². The van der Waals surface area contributed by atoms with Crippen molar-refractivity contribution in [2.75, 3.05) is 4.31 Å². The molecule has 194 valence electrons. The molecule has 0 aromatic heterocycles. The number of hydrogen-bond acceptors (Lipinski definition) is 7. The summed E-state index contributed by atoms with van der Waals surface area (Å²) in [6.45, 7) is 0.0668. The van der Waals surface area contributed by atoms with E-state index in [1.165, 1.54) is 42.5 Å². The minimum absolute atomic E-state index is 0.0629. The number of hydrogen-bond donors (Lipinski definition) is 4. The zero-order chi connectivity index (χ0) is 26.6. The molecule has 3 aromatic carbocycles. The summed E-state index contributed by atoms with van der Waals surface area (Å²) in [6, 6.07) is 19.2. The third kappa shape index (κ3) is 6.20. The maximum atomic E-state index is 12.7. The van der Waals surface area contributed by atoms with E-state index in [4.69, 9.17) is 4.74 Å². The molecule has 1 aliphatic heterocycles. The molecule has 0 saturated carbocycles. The normalized spacial score (nSPS) is 15.5. The number of anilines is 1. The number of nitrogens with one attached hydrogen (secondary N) is 2. The highest BCUT2D eigenvalue weighted by Crippen LogP contribution is 2.34. The summed E-state index contributed by atoms with van der Waals surface area (Å²) in [5.41, 5.74) is 1.22. The Morgan fingerprint density at radius 3 is 2.24 bits per heavy atom. The first-order chi connectivity index (χ1) is 17.5. The van der Waals surface area contributed by atoms with Gasteiger partial charge in [0.05, 0.1) is 11.1 Å². The maximum Gasteiger partial charge on any atom is 0.330 e. The summed E-state index contributed by atoms with van der Waals surface area (Å²) < 4.78 is 61.1. The highest BCUT2D eigenvalue weighted by atomic mass is 32.2. The first kappa shape index (κ1) is 26.0. The SMILES string of the molecule is O=C(O)C(Cc1ccc(N2C=C(O)NS2(=O)=O)c(OCc2ccccc2)c1)NS(=O)(=O)c1ccccc1. The molecule has 11 nitrogen and oxygen atoms in total. The van der Waals surface area contributed by atoms with E-state index in [-0.39, 0.29) is 29.4 Å². The molecule has 37 heavy (non-hydrogen) atoms. The quantitative estimate of drug-likeness (QED) is 0.302. The minimum atomic E-state index is -4.12. The number of aliphatic hydroxyl groups excluding tert-OH is 1. The summed E-state index contributed by atoms with van der Waals surface area (Å²) in [7, 11) is -8.24. The Kier molecular flexibility index (Phi) is 7.38. The van der Waals surface area contributed by atoms with Gasteiger partial charge in [0.1, 0.15) is 24.1 Å². The van der Waals surface area contributed by atoms with Crippen LogP contribution in [0.4, 0.5) is 5.69 Å². The summed E-state index contributed by atoms with van der Waals surface area (Å²) >= 11 is 0. The largest absolute Gasteiger partial charge is 0.493 e. The van der Waals surface area contributed by atoms with E-state index >= 15 is 0 Å². The highest BCUT2D eigenvalue weighted by molar-refractivity contribution is 7.91. The van der Waals surface area contributed by atoms with Crippen LogP contribution in [0.15, 0.2) is 95.8 Å². The van der Waals surface area contributed by atoms with E-state index in [9.17, 15) is 31.8 Å². The molecule has 13 heteroatoms. The lowest BCUT2D eigenvalue weighted by Gasteiger charge is -2.20. The van der Waals surface area contributed by atoms with Crippen molar-refractivity contribution in [1.82, 2.24) is 9.44 Å². The number of carbonyl (C=O) groups is 1. The van der Waals surface area contributed by atoms with Crippen LogP contribution in [-0.4, -0.2) is 39.1 Å². The van der Waals surface area contributed by atoms with Crippen molar-refractivity contribution in [1.29, 1.82) is 0 Å². The van der Waals surface area contributed by atoms with Gasteiger partial charge >= 0.3 is 16.2 Å². The van der Waals surface area contributed by atoms with Gasteiger partial charge in [-0.25, -0.2) is 17.4 Å². The van der Waals surface area contributed by atoms with Gasteiger partial charge in [-0.1, -0.05) is 54.6 Å². The third-order valence-electron chi connectivity index (χ3n) is 5.32. The summed E-state index contributed by atoms with van der Waals surface area (Å²) in [5, 5.41) is 19.4. The molecule has 0 saturated heterocycles. The molecule has 1 aliphatic rings. The average Bonchev–Trinajstić information content (AvgIpc) is 3.14. The number of aliphatic carboxylic acids is 1. The molecule has 4 N–H and O–H groups in total. The smallest absolute Gasteiger partial charge is 0.330 e. The second-order valence-electron chi connectivity index (χ2n) is 8.02. The Morgan fingerprint density at radius 2 is 1.65 bits per heavy atom. The Morgan fingerprint density at radius 1 is 1.00 bits per heavy atom. The van der Waals surface area contributed by atoms with Crippen LogP contribution in [0.1, 0.15) is 11.1 Å². The molecular weight excluding hydrogens is 522 g/mol. The van der Waals surface area contributed by atoms with Crippen LogP contribution >= 0.6 is 0 Å². The van der Waals surface area contributed by atoms with Crippen molar-refractivity contribution in [2.24, 2.45) is 0 Å². The lowest BCUT2D eigenvalue weighted by Crippen LogP contribution is -2.42. The van der Waals surface area contributed by atoms with Gasteiger partial charge in [0.15, 0.2) is 0 Å². The van der Waals surface area contributed by atoms with Crippen molar-refractivity contribution in [2.45, 2.75) is 24.0 Å². The fourth-order valence-electron chi connectivity index (χ4n) is 3.58. The number of ether oxygens (including phenoxy) is 1. The Hall–Kier alpha value is -4.07. The van der Waals surface area contributed by atoms with Crippen LogP contribution in [0.25, 0.3) is 0 Å². The molecule has 3 aromatic rings. The van der Waals surface area contributed by atoms with Gasteiger partial charge in [0.25, 0.3) is 0 Å². The lowest BCUT2D eigenvalue weighted by atomic mass is 10.1. The van der Waals surface area contributed by atoms with Crippen LogP contribution in [0.2, 0.25) is 0 Å². The monoisotopic (exact) mass is 545 g/mol. The zero-order valence-electron chi connectivity index (χ0n) is 19.2. The molecular formula is C24H23N3O8S2. The Balaban J connectivity index is 1.64. The van der Waals surface area contributed by atoms with Crippen molar-refractivity contribution in [3.05, 3.63) is 102 Å². The maximum absolute atomic E-state index is 12.7. The van der Waals surface area contributed by atoms with E-state index in [2.05, 4.69) is 4.72 Å². The molecule has 0 spiro atoms. The molecule has 0 aliphatic carbocycles. The van der Waals surface area contributed by atoms with Crippen molar-refractivity contribution < 1.29 is 36.6 Å². The fraction of sp³-hybridized carbons (Fsp3) is 0.125. The van der Waals surface area contributed by atoms with Crippen LogP contribution in [0.3, 0.4) is 0 Å². The molecule has 0 bridgehead atoms. The average molecular weight is 546 g/mol. The number of carboxylic acids is 1. The molecule has 1 heterocycles. The Labute approximate surface area is 213 Å². The van der Waals surface area contributed by atoms with Gasteiger partial charge in [-0.2, -0.15) is 13.1 Å². The van der Waals surface area contributed by atoms with Crippen LogP contribution in [-0.2, 0) is 38.1 Å². The molecule has 0 amide bonds. The fourth-order valence-corrected chi connectivity index (χ4v) is 5.85. The number of nitrogens with zero attached hydrogens (tertiary/aromatic N) is 1. The topological polar surface area (TPSA) is 162 Å². The predicted octanol–water partition coefficient (Wildman–Crippen LogP) is 2.25. The van der Waals surface area contributed by atoms with Crippen LogP contribution in [0.5, 0.6) is 5.75 Å². The summed E-state index contributed by atoms with van der Waals surface area (Å²) in [6.07, 6.45) is 0.712. The molecule has 1 unspecified atom stereocenters. The van der Waals surface area contributed by atoms with Gasteiger partial charge < -0.3 is 14.9 Å². The number of rotatable bonds is 10. The first-order valence-electron chi connectivity index (χ1n) is 10.9. The van der Waals surface area contributed by atoms with Gasteiger partial charge in [0.2, 0.25) is 15.9 Å². The second kappa shape index (κ2) is 10.5. The van der Waals surface area contributed by atoms with E-state index < -0.39 is 38.1 Å². The molecule has 1 atom stereocenters. The highest BCUT2D eigenvalue weighted by Gasteiger charge is 2.32. The lowest BCUT2D eigenvalue weighted by molar-refractivity contribution is -0.138. The second-order valence-corrected chi connectivity index (χ2v) is 11.3. The third-order valence-corrected chi connectivity index (χ3v) is 8.09. The van der Waals surface area contributed by atoms with Crippen LogP contribution < -0.4 is 18.5 Å². The van der Waals surface area contributed by atoms with E-state index in [1.54, 1.807) is 6.07 Å². The Bertz CT molecular complexity index is 1530. The standard InChI is InChI=1S/C24H23N3O8S2/c28-23-15-27(37(33,34)26-23)21-12-11-18(14-22(21)35-16-17-7-3-1-4-8-17)13-20(24(29)30)25-36(31,32)19-9-5-2-6-10-19/h1-12,14-15,20,25-26,28H,13,16H2,(H,29,30). The predicted molar refractivity (Wildman–Crippen MR) is 134 cm³/mol. The van der Waals surface area contributed by atoms with E-state index in [0.717, 1.165) is 16.1 Å². The van der Waals surface area contributed by atoms with Gasteiger partial charge in [0, 0.05) is 0 Å². The van der Waals surface area contributed by atoms with Gasteiger partial charge in [-0.05, 0) is 41.8 Å². The minimum Gasteiger partial charge on any atom is -0.493 e. The number of aliphatic hydroxyl groups is 1. The first-order valence-corrected chi connectivity index (χ1v) is 13.8. The molecule has 0 fully saturated rings. The van der Waals surface area contributed by atoms with Gasteiger partial charge in [-0.15, -0.1) is 0 Å². The number of carboxylic acid groups (broad SMARTS) is 1. The molecule has 0 radical (unpaired) electrons. The van der Waals surface area contributed by atoms with Crippen molar-refractivity contribution in [3.8, 4) is 5.75 Å². The summed E-state index contributed by atoms with van der Waals surface area (Å²) in [4.78, 5) is 11.8. The zero-order valence-corrected chi connectivity index (χ0v) is 20.8.